The van der Waals surface area contributed by atoms with E-state index in [1.807, 2.05) is 0 Å². The van der Waals surface area contributed by atoms with Crippen molar-refractivity contribution in [2.75, 3.05) is 0 Å². The highest BCUT2D eigenvalue weighted by atomic mass is 16.4. The zero-order valence-electron chi connectivity index (χ0n) is 96.5. The van der Waals surface area contributed by atoms with Gasteiger partial charge in [0.15, 0.2) is 0 Å². The molecule has 0 amide bonds. The maximum Gasteiger partial charge on any atom is 0.303 e. The number of hydrogen-bond acceptors (Lipinski definition) is 12. The Bertz CT molecular complexity index is 3710. The van der Waals surface area contributed by atoms with E-state index in [4.69, 9.17) is 5.11 Å². The van der Waals surface area contributed by atoms with Crippen molar-refractivity contribution >= 4 is 5.97 Å². The molecule has 0 bridgehead atoms. The quantitative estimate of drug-likeness (QED) is 0.0511. The average molecular weight is 2020 g/mol. The van der Waals surface area contributed by atoms with Gasteiger partial charge in [-0.1, -0.05) is 257 Å². The van der Waals surface area contributed by atoms with Crippen molar-refractivity contribution in [3.8, 4) is 0 Å². The molecule has 20 fully saturated rings. The molecule has 0 heterocycles. The molecule has 13 heteroatoms. The number of carboxylic acids is 1. The molecule has 0 saturated heterocycles. The van der Waals surface area contributed by atoms with Crippen LogP contribution >= 0.6 is 0 Å². The van der Waals surface area contributed by atoms with E-state index in [0.29, 0.717) is 186 Å². The van der Waals surface area contributed by atoms with Crippen LogP contribution in [0.4, 0.5) is 0 Å². The normalized spacial score (nSPS) is 53.8. The zero-order chi connectivity index (χ0) is 104. The summed E-state index contributed by atoms with van der Waals surface area (Å²) >= 11 is 0. The van der Waals surface area contributed by atoms with Crippen LogP contribution < -0.4 is 0 Å². The van der Waals surface area contributed by atoms with Crippen LogP contribution in [0.3, 0.4) is 0 Å². The number of rotatable bonds is 21. The number of aliphatic hydroxyl groups excluding tert-OH is 11. The first-order valence-electron chi connectivity index (χ1n) is 63.3. The fourth-order valence-electron chi connectivity index (χ4n) is 48.0. The van der Waals surface area contributed by atoms with Crippen LogP contribution in [-0.2, 0) is 4.79 Å². The van der Waals surface area contributed by atoms with E-state index in [2.05, 4.69) is 166 Å². The second-order valence-corrected chi connectivity index (χ2v) is 59.7. The predicted octanol–water partition coefficient (Wildman–Crippen LogP) is 28.9. The fourth-order valence-corrected chi connectivity index (χ4v) is 48.0. The van der Waals surface area contributed by atoms with Gasteiger partial charge in [-0.3, -0.25) is 4.79 Å². The summed E-state index contributed by atoms with van der Waals surface area (Å²) in [6, 6.07) is 0. The maximum absolute atomic E-state index is 11.7. The molecule has 0 spiro atoms. The number of aliphatic carboxylic acids is 1. The summed E-state index contributed by atoms with van der Waals surface area (Å²) in [5.41, 5.74) is 3.00. The van der Waals surface area contributed by atoms with Gasteiger partial charge in [0, 0.05) is 6.42 Å². The van der Waals surface area contributed by atoms with Crippen LogP contribution in [0.5, 0.6) is 0 Å². The second-order valence-electron chi connectivity index (χ2n) is 59.7. The van der Waals surface area contributed by atoms with Gasteiger partial charge in [0.25, 0.3) is 0 Å². The molecule has 13 nitrogen and oxygen atoms in total. The minimum absolute atomic E-state index is 0. The van der Waals surface area contributed by atoms with E-state index in [1.54, 1.807) is 0 Å². The molecule has 0 aromatic rings. The van der Waals surface area contributed by atoms with Crippen LogP contribution in [0.2, 0.25) is 0 Å². The fraction of sp³-hybridized carbons (Fsp3) is 0.992. The Morgan fingerprint density at radius 3 is 0.667 bits per heavy atom. The molecule has 0 aliphatic heterocycles. The lowest BCUT2D eigenvalue weighted by Crippen LogP contribution is -2.65. The summed E-state index contributed by atoms with van der Waals surface area (Å²) in [6.45, 7) is 58.0. The van der Waals surface area contributed by atoms with Crippen molar-refractivity contribution in [3.63, 3.8) is 0 Å². The Hall–Kier alpha value is -0.970. The average Bonchev–Trinajstić information content (AvgIpc) is 1.34. The summed E-state index contributed by atoms with van der Waals surface area (Å²) < 4.78 is 0. The van der Waals surface area contributed by atoms with Crippen LogP contribution in [0.1, 0.15) is 488 Å². The second kappa shape index (κ2) is 45.6. The van der Waals surface area contributed by atoms with E-state index in [-0.39, 0.29) is 103 Å². The molecular weight excluding hydrogens is 1780 g/mol. The molecule has 20 aliphatic carbocycles. The van der Waals surface area contributed by atoms with E-state index in [0.717, 1.165) is 169 Å². The van der Waals surface area contributed by atoms with Crippen LogP contribution in [0.15, 0.2) is 0 Å². The molecule has 20 rings (SSSR count). The number of hydrogen-bond donors (Lipinski definition) is 12. The van der Waals surface area contributed by atoms with Crippen molar-refractivity contribution in [1.82, 2.24) is 0 Å². The van der Waals surface area contributed by atoms with Crippen molar-refractivity contribution in [2.45, 2.75) is 555 Å². The van der Waals surface area contributed by atoms with Crippen LogP contribution in [-0.4, -0.2) is 134 Å². The Kier molecular flexibility index (Phi) is 37.0. The van der Waals surface area contributed by atoms with Gasteiger partial charge >= 0.3 is 5.97 Å². The van der Waals surface area contributed by atoms with Gasteiger partial charge in [-0.25, -0.2) is 0 Å². The van der Waals surface area contributed by atoms with Gasteiger partial charge in [0.1, 0.15) is 0 Å². The first-order valence-corrected chi connectivity index (χ1v) is 63.3. The Morgan fingerprint density at radius 1 is 0.243 bits per heavy atom. The topological polar surface area (TPSA) is 260 Å². The van der Waals surface area contributed by atoms with E-state index in [1.165, 1.54) is 180 Å². The summed E-state index contributed by atoms with van der Waals surface area (Å²) in [7, 11) is 0. The molecule has 20 saturated carbocycles. The largest absolute Gasteiger partial charge is 0.481 e. The third kappa shape index (κ3) is 19.8. The standard InChI is InChI=1S/C26H44O5.4C26H46O2.CH4/c1-5-16-19-12-15(27)10-11-25(19,3)23-20(28)13-26(4)17(14(2)6-9-21(29)30)7-8-18(26)22(23)24(16)31;4*1-6-8-16(3)19-9-10-20-23-21(12-14-25(19,20)4)26(5)13-11-17(27)15-22(26)18(7-2)24(23)28;/h14-20,22-24,27-28,31H,5-13H2,1-4H3,(H,29,30);4*16-24,27-28H,6-15H2,1-5H3;1H4/t14-,15-,16-,17-,18?,19+,20+,22?,23?,24-,25+,26-;4*16-,17-,18-,19-,20?,21?,22+,23?,24-,25-,26-;/m11111./s1. The molecule has 144 heavy (non-hydrogen) atoms. The molecular formula is C131H232O13. The number of aliphatic hydroxyl groups is 11. The van der Waals surface area contributed by atoms with Gasteiger partial charge in [0.05, 0.1) is 67.1 Å². The smallest absolute Gasteiger partial charge is 0.303 e. The molecule has 20 aliphatic rings. The summed E-state index contributed by atoms with van der Waals surface area (Å²) in [5.74, 6) is 18.8. The number of fused-ring (bicyclic) bond motifs is 25. The molecule has 15 unspecified atom stereocenters. The summed E-state index contributed by atoms with van der Waals surface area (Å²) in [4.78, 5) is 11.1. The monoisotopic (exact) mass is 2010 g/mol. The first-order chi connectivity index (χ1) is 67.6. The third-order valence-corrected chi connectivity index (χ3v) is 54.5. The highest BCUT2D eigenvalue weighted by Crippen LogP contribution is 2.78. The summed E-state index contributed by atoms with van der Waals surface area (Å²) in [6.07, 6.45) is 53.6. The van der Waals surface area contributed by atoms with Crippen molar-refractivity contribution < 1.29 is 66.1 Å². The van der Waals surface area contributed by atoms with Crippen LogP contribution in [0.25, 0.3) is 0 Å². The summed E-state index contributed by atoms with van der Waals surface area (Å²) in [5, 5.41) is 131. The van der Waals surface area contributed by atoms with E-state index >= 15 is 0 Å². The van der Waals surface area contributed by atoms with Gasteiger partial charge < -0.3 is 61.3 Å². The SMILES string of the molecule is C.CCC[C@@H](C)[C@H]1CCC2C3C(CC[C@@]21C)[C@@]1(C)CC[C@@H](O)C[C@H]1[C@@H](CC)[C@H]3O.CCC[C@@H](C)[C@H]1CCC2C3C(CC[C@@]21C)[C@@]1(C)CC[C@@H](O)C[C@H]1[C@@H](CC)[C@H]3O.CCC[C@@H](C)[C@H]1CCC2C3C(CC[C@@]21C)[C@@]1(C)CC[C@@H](O)C[C@H]1[C@@H](CC)[C@H]3O.CCC[C@@H](C)[C@H]1CCC2C3C(CC[C@@]21C)[C@@]1(C)CC[C@@H](O)C[C@H]1[C@@H](CC)[C@H]3O.CC[C@H]1[C@@H](O)C2C3CC[C@H]([C@H](C)CCC(=O)O)[C@@]3(C)C[C@H](O)C2[C@@]2(C)CC[C@@H](O)C[C@@H]12. The van der Waals surface area contributed by atoms with Crippen LogP contribution in [0, 0.1) is 261 Å². The third-order valence-electron chi connectivity index (χ3n) is 54.5. The Morgan fingerprint density at radius 2 is 0.438 bits per heavy atom. The Balaban J connectivity index is 0.000000135. The molecule has 0 aromatic carbocycles. The zero-order valence-corrected chi connectivity index (χ0v) is 96.5. The number of carbonyl (C=O) groups is 1. The van der Waals surface area contributed by atoms with Gasteiger partial charge in [0.2, 0.25) is 0 Å². The number of carboxylic acid groups (broad SMARTS) is 1. The van der Waals surface area contributed by atoms with Crippen molar-refractivity contribution in [3.05, 3.63) is 0 Å². The molecule has 0 aromatic heterocycles. The molecule has 56 atom stereocenters. The maximum atomic E-state index is 11.7. The minimum atomic E-state index is -0.734. The first kappa shape index (κ1) is 117. The predicted molar refractivity (Wildman–Crippen MR) is 589 cm³/mol. The van der Waals surface area contributed by atoms with E-state index < -0.39 is 18.2 Å². The highest BCUT2D eigenvalue weighted by molar-refractivity contribution is 5.66. The lowest BCUT2D eigenvalue weighted by Gasteiger charge is -2.66. The lowest BCUT2D eigenvalue weighted by atomic mass is 9.40. The van der Waals surface area contributed by atoms with E-state index in [9.17, 15) is 61.0 Å². The lowest BCUT2D eigenvalue weighted by molar-refractivity contribution is -0.235. The van der Waals surface area contributed by atoms with Gasteiger partial charge in [-0.15, -0.1) is 0 Å². The van der Waals surface area contributed by atoms with Crippen molar-refractivity contribution in [1.29, 1.82) is 0 Å². The van der Waals surface area contributed by atoms with Crippen molar-refractivity contribution in [2.24, 2.45) is 261 Å². The Labute approximate surface area is 883 Å². The van der Waals surface area contributed by atoms with Gasteiger partial charge in [-0.2, -0.15) is 0 Å². The molecule has 12 N–H and O–H groups in total. The highest BCUT2D eigenvalue weighted by Gasteiger charge is 2.73. The molecule has 0 radical (unpaired) electrons. The molecule has 834 valence electrons. The van der Waals surface area contributed by atoms with Gasteiger partial charge in [-0.05, 0) is 486 Å². The minimum Gasteiger partial charge on any atom is -0.481 e.